The molecule has 7 heteroatoms. The SMILES string of the molecule is CN=C(NCCc1ccc(N(C)C)cc1)N1CCOC(c2cnn(C)c2)C1. The van der Waals surface area contributed by atoms with Gasteiger partial charge in [-0.2, -0.15) is 5.10 Å². The van der Waals surface area contributed by atoms with Crippen LogP contribution in [-0.4, -0.2) is 68.0 Å². The molecule has 0 aliphatic carbocycles. The smallest absolute Gasteiger partial charge is 0.193 e. The van der Waals surface area contributed by atoms with E-state index in [0.717, 1.165) is 37.6 Å². The lowest BCUT2D eigenvalue weighted by Crippen LogP contribution is -2.48. The van der Waals surface area contributed by atoms with Crippen LogP contribution >= 0.6 is 0 Å². The van der Waals surface area contributed by atoms with E-state index >= 15 is 0 Å². The summed E-state index contributed by atoms with van der Waals surface area (Å²) < 4.78 is 7.74. The Morgan fingerprint density at radius 2 is 2.11 bits per heavy atom. The number of ether oxygens (including phenoxy) is 1. The number of hydrogen-bond acceptors (Lipinski definition) is 4. The molecule has 1 saturated heterocycles. The molecule has 0 radical (unpaired) electrons. The molecule has 27 heavy (non-hydrogen) atoms. The number of nitrogens with one attached hydrogen (secondary N) is 1. The van der Waals surface area contributed by atoms with Crippen LogP contribution in [0.5, 0.6) is 0 Å². The molecule has 1 unspecified atom stereocenters. The number of hydrogen-bond donors (Lipinski definition) is 1. The highest BCUT2D eigenvalue weighted by Gasteiger charge is 2.24. The van der Waals surface area contributed by atoms with E-state index in [1.54, 1.807) is 0 Å². The van der Waals surface area contributed by atoms with Crippen LogP contribution in [0.15, 0.2) is 41.7 Å². The number of aliphatic imine (C=N–C) groups is 1. The number of anilines is 1. The van der Waals surface area contributed by atoms with Crippen LogP contribution in [-0.2, 0) is 18.2 Å². The van der Waals surface area contributed by atoms with Crippen molar-refractivity contribution in [1.82, 2.24) is 20.0 Å². The third kappa shape index (κ3) is 5.01. The van der Waals surface area contributed by atoms with Crippen molar-refractivity contribution in [3.63, 3.8) is 0 Å². The van der Waals surface area contributed by atoms with Crippen molar-refractivity contribution < 1.29 is 4.74 Å². The van der Waals surface area contributed by atoms with Crippen LogP contribution < -0.4 is 10.2 Å². The van der Waals surface area contributed by atoms with Crippen LogP contribution in [0.25, 0.3) is 0 Å². The molecule has 0 spiro atoms. The van der Waals surface area contributed by atoms with Crippen molar-refractivity contribution in [2.45, 2.75) is 12.5 Å². The van der Waals surface area contributed by atoms with Gasteiger partial charge in [0.1, 0.15) is 6.10 Å². The van der Waals surface area contributed by atoms with Gasteiger partial charge in [0.2, 0.25) is 0 Å². The van der Waals surface area contributed by atoms with E-state index in [1.165, 1.54) is 11.3 Å². The molecule has 0 bridgehead atoms. The fourth-order valence-electron chi connectivity index (χ4n) is 3.26. The first kappa shape index (κ1) is 19.2. The zero-order chi connectivity index (χ0) is 19.2. The minimum absolute atomic E-state index is 0.0320. The largest absolute Gasteiger partial charge is 0.378 e. The molecule has 2 aromatic rings. The lowest BCUT2D eigenvalue weighted by atomic mass is 10.1. The standard InChI is InChI=1S/C20H30N6O/c1-21-20(22-10-9-16-5-7-18(8-6-16)24(2)3)26-11-12-27-19(15-26)17-13-23-25(4)14-17/h5-8,13-14,19H,9-12,15H2,1-4H3,(H,21,22). The minimum atomic E-state index is 0.0320. The summed E-state index contributed by atoms with van der Waals surface area (Å²) in [5.41, 5.74) is 3.65. The fraction of sp³-hybridized carbons (Fsp3) is 0.500. The van der Waals surface area contributed by atoms with Crippen LogP contribution in [0.2, 0.25) is 0 Å². The third-order valence-electron chi connectivity index (χ3n) is 4.82. The van der Waals surface area contributed by atoms with Crippen LogP contribution in [0, 0.1) is 0 Å². The van der Waals surface area contributed by atoms with Crippen molar-refractivity contribution in [2.24, 2.45) is 12.0 Å². The van der Waals surface area contributed by atoms with E-state index in [2.05, 4.69) is 63.6 Å². The number of aromatic nitrogens is 2. The summed E-state index contributed by atoms with van der Waals surface area (Å²) in [6.45, 7) is 3.16. The van der Waals surface area contributed by atoms with E-state index in [9.17, 15) is 0 Å². The number of guanidine groups is 1. The van der Waals surface area contributed by atoms with E-state index < -0.39 is 0 Å². The number of rotatable bonds is 5. The lowest BCUT2D eigenvalue weighted by Gasteiger charge is -2.34. The maximum absolute atomic E-state index is 5.92. The molecule has 1 aromatic carbocycles. The van der Waals surface area contributed by atoms with Crippen LogP contribution in [0.4, 0.5) is 5.69 Å². The molecule has 1 aliphatic heterocycles. The predicted octanol–water partition coefficient (Wildman–Crippen LogP) is 1.68. The first-order chi connectivity index (χ1) is 13.1. The van der Waals surface area contributed by atoms with E-state index in [-0.39, 0.29) is 6.10 Å². The van der Waals surface area contributed by atoms with Gasteiger partial charge < -0.3 is 19.9 Å². The Morgan fingerprint density at radius 3 is 2.74 bits per heavy atom. The molecule has 0 saturated carbocycles. The van der Waals surface area contributed by atoms with Crippen molar-refractivity contribution in [1.29, 1.82) is 0 Å². The molecule has 1 fully saturated rings. The van der Waals surface area contributed by atoms with Crippen molar-refractivity contribution in [3.8, 4) is 0 Å². The highest BCUT2D eigenvalue weighted by molar-refractivity contribution is 5.80. The van der Waals surface area contributed by atoms with Crippen LogP contribution in [0.1, 0.15) is 17.2 Å². The molecule has 7 nitrogen and oxygen atoms in total. The summed E-state index contributed by atoms with van der Waals surface area (Å²) in [4.78, 5) is 8.83. The van der Waals surface area contributed by atoms with Gasteiger partial charge in [0.15, 0.2) is 5.96 Å². The molecule has 3 rings (SSSR count). The summed E-state index contributed by atoms with van der Waals surface area (Å²) in [5.74, 6) is 0.928. The topological polar surface area (TPSA) is 57.9 Å². The highest BCUT2D eigenvalue weighted by atomic mass is 16.5. The monoisotopic (exact) mass is 370 g/mol. The zero-order valence-electron chi connectivity index (χ0n) is 16.7. The van der Waals surface area contributed by atoms with Crippen molar-refractivity contribution in [2.75, 3.05) is 52.3 Å². The Bertz CT molecular complexity index is 752. The Balaban J connectivity index is 1.52. The summed E-state index contributed by atoms with van der Waals surface area (Å²) in [7, 11) is 7.88. The van der Waals surface area contributed by atoms with Gasteiger partial charge >= 0.3 is 0 Å². The van der Waals surface area contributed by atoms with Gasteiger partial charge in [0.05, 0.1) is 19.3 Å². The third-order valence-corrected chi connectivity index (χ3v) is 4.82. The predicted molar refractivity (Wildman–Crippen MR) is 109 cm³/mol. The normalized spacial score (nSPS) is 17.9. The average molecular weight is 371 g/mol. The highest BCUT2D eigenvalue weighted by Crippen LogP contribution is 2.21. The first-order valence-electron chi connectivity index (χ1n) is 9.39. The van der Waals surface area contributed by atoms with Crippen molar-refractivity contribution in [3.05, 3.63) is 47.8 Å². The Kier molecular flexibility index (Phi) is 6.34. The summed E-state index contributed by atoms with van der Waals surface area (Å²) in [6.07, 6.45) is 4.89. The average Bonchev–Trinajstić information content (AvgIpc) is 3.12. The lowest BCUT2D eigenvalue weighted by molar-refractivity contribution is -0.00800. The number of benzene rings is 1. The molecular formula is C20H30N6O. The number of aryl methyl sites for hydroxylation is 1. The quantitative estimate of drug-likeness (QED) is 0.641. The minimum Gasteiger partial charge on any atom is -0.378 e. The van der Waals surface area contributed by atoms with Crippen molar-refractivity contribution >= 4 is 11.6 Å². The maximum Gasteiger partial charge on any atom is 0.193 e. The summed E-state index contributed by atoms with van der Waals surface area (Å²) in [5, 5.41) is 7.74. The molecule has 1 aliphatic rings. The van der Waals surface area contributed by atoms with E-state index in [0.29, 0.717) is 6.61 Å². The van der Waals surface area contributed by atoms with E-state index in [1.807, 2.05) is 31.2 Å². The molecule has 0 amide bonds. The first-order valence-corrected chi connectivity index (χ1v) is 9.39. The second kappa shape index (κ2) is 8.90. The Morgan fingerprint density at radius 1 is 1.33 bits per heavy atom. The van der Waals surface area contributed by atoms with Gasteiger partial charge in [-0.1, -0.05) is 12.1 Å². The molecule has 1 aromatic heterocycles. The Labute approximate surface area is 161 Å². The van der Waals surface area contributed by atoms with Gasteiger partial charge in [-0.3, -0.25) is 9.67 Å². The Hall–Kier alpha value is -2.54. The number of morpholine rings is 1. The van der Waals surface area contributed by atoms with Gasteiger partial charge in [0.25, 0.3) is 0 Å². The van der Waals surface area contributed by atoms with Crippen LogP contribution in [0.3, 0.4) is 0 Å². The van der Waals surface area contributed by atoms with Gasteiger partial charge in [-0.05, 0) is 24.1 Å². The summed E-state index contributed by atoms with van der Waals surface area (Å²) >= 11 is 0. The molecule has 1 N–H and O–H groups in total. The van der Waals surface area contributed by atoms with Gasteiger partial charge in [-0.25, -0.2) is 0 Å². The molecule has 146 valence electrons. The second-order valence-electron chi connectivity index (χ2n) is 7.04. The fourth-order valence-corrected chi connectivity index (χ4v) is 3.26. The summed E-state index contributed by atoms with van der Waals surface area (Å²) in [6, 6.07) is 8.69. The van der Waals surface area contributed by atoms with Gasteiger partial charge in [0, 0.05) is 58.7 Å². The zero-order valence-corrected chi connectivity index (χ0v) is 16.7. The molecule has 1 atom stereocenters. The molecular weight excluding hydrogens is 340 g/mol. The number of nitrogens with zero attached hydrogens (tertiary/aromatic N) is 5. The molecule has 2 heterocycles. The maximum atomic E-state index is 5.92. The van der Waals surface area contributed by atoms with Gasteiger partial charge in [-0.15, -0.1) is 0 Å². The second-order valence-corrected chi connectivity index (χ2v) is 7.04. The van der Waals surface area contributed by atoms with E-state index in [4.69, 9.17) is 4.74 Å².